The van der Waals surface area contributed by atoms with E-state index in [-0.39, 0.29) is 11.8 Å². The first-order valence-electron chi connectivity index (χ1n) is 8.01. The van der Waals surface area contributed by atoms with Gasteiger partial charge in [0.15, 0.2) is 0 Å². The number of carbonyl (C=O) groups excluding carboxylic acids is 1. The van der Waals surface area contributed by atoms with E-state index in [2.05, 4.69) is 35.0 Å². The van der Waals surface area contributed by atoms with Crippen molar-refractivity contribution in [3.05, 3.63) is 60.2 Å². The van der Waals surface area contributed by atoms with E-state index in [1.165, 1.54) is 17.7 Å². The number of aliphatic imine (C=N–C) groups is 1. The number of phenolic OH excluding ortho intramolecular Hbond substituents is 1. The highest BCUT2D eigenvalue weighted by Gasteiger charge is 2.25. The third kappa shape index (κ3) is 4.79. The number of aromatic hydroxyl groups is 1. The van der Waals surface area contributed by atoms with Crippen LogP contribution in [0.4, 0.5) is 10.5 Å². The van der Waals surface area contributed by atoms with Gasteiger partial charge in [0, 0.05) is 11.7 Å². The van der Waals surface area contributed by atoms with Gasteiger partial charge in [-0.1, -0.05) is 35.9 Å². The van der Waals surface area contributed by atoms with E-state index in [1.807, 2.05) is 23.2 Å². The average Bonchev–Trinajstić information content (AvgIpc) is 3.06. The molecule has 0 aromatic heterocycles. The largest absolute Gasteiger partial charge is 0.508 e. The number of amides is 2. The van der Waals surface area contributed by atoms with E-state index >= 15 is 0 Å². The smallest absolute Gasteiger partial charge is 0.348 e. The number of hydrogen-bond donors (Lipinski definition) is 3. The molecule has 7 heteroatoms. The molecule has 1 atom stereocenters. The van der Waals surface area contributed by atoms with Crippen LogP contribution in [-0.4, -0.2) is 34.6 Å². The molecule has 1 heterocycles. The summed E-state index contributed by atoms with van der Waals surface area (Å²) in [7, 11) is 0. The number of nitrogens with one attached hydrogen (secondary N) is 2. The van der Waals surface area contributed by atoms with Crippen molar-refractivity contribution in [2.75, 3.05) is 11.9 Å². The number of hydrazine groups is 1. The molecule has 0 bridgehead atoms. The van der Waals surface area contributed by atoms with Gasteiger partial charge in [0.25, 0.3) is 0 Å². The van der Waals surface area contributed by atoms with Crippen molar-refractivity contribution in [2.24, 2.45) is 4.99 Å². The number of rotatable bonds is 4. The summed E-state index contributed by atoms with van der Waals surface area (Å²) in [6, 6.07) is 16.0. The van der Waals surface area contributed by atoms with Crippen LogP contribution in [0.1, 0.15) is 12.5 Å². The second-order valence-electron chi connectivity index (χ2n) is 5.84. The lowest BCUT2D eigenvalue weighted by molar-refractivity contribution is 0.0281. The van der Waals surface area contributed by atoms with Gasteiger partial charge in [-0.2, -0.15) is 10.0 Å². The fraction of sp³-hybridized carbons (Fsp3) is 0.222. The van der Waals surface area contributed by atoms with Crippen LogP contribution in [0, 0.1) is 0 Å². The third-order valence-corrected chi connectivity index (χ3v) is 3.84. The van der Waals surface area contributed by atoms with Gasteiger partial charge in [0.2, 0.25) is 5.90 Å². The second-order valence-corrected chi connectivity index (χ2v) is 5.84. The average molecular weight is 340 g/mol. The molecular weight excluding hydrogens is 320 g/mol. The molecule has 130 valence electrons. The molecule has 2 aromatic carbocycles. The highest BCUT2D eigenvalue weighted by molar-refractivity contribution is 5.98. The number of nitrogens with zero attached hydrogens (tertiary/aromatic N) is 2. The Morgan fingerprint density at radius 1 is 1.28 bits per heavy atom. The first kappa shape index (κ1) is 16.9. The molecule has 1 aliphatic rings. The van der Waals surface area contributed by atoms with Crippen molar-refractivity contribution in [2.45, 2.75) is 19.4 Å². The zero-order valence-electron chi connectivity index (χ0n) is 13.8. The summed E-state index contributed by atoms with van der Waals surface area (Å²) in [5.74, 6) is 0.437. The van der Waals surface area contributed by atoms with Crippen LogP contribution in [0.3, 0.4) is 0 Å². The zero-order chi connectivity index (χ0) is 17.6. The van der Waals surface area contributed by atoms with Crippen molar-refractivity contribution in [3.63, 3.8) is 0 Å². The number of benzene rings is 2. The minimum Gasteiger partial charge on any atom is -0.508 e. The lowest BCUT2D eigenvalue weighted by atomic mass is 10.1. The van der Waals surface area contributed by atoms with Crippen molar-refractivity contribution in [1.29, 1.82) is 0 Å². The Hall–Kier alpha value is -2.90. The molecule has 7 nitrogen and oxygen atoms in total. The Morgan fingerprint density at radius 3 is 2.72 bits per heavy atom. The van der Waals surface area contributed by atoms with Crippen LogP contribution in [0.5, 0.6) is 5.75 Å². The van der Waals surface area contributed by atoms with Gasteiger partial charge in [-0.15, -0.1) is 0 Å². The molecule has 3 rings (SSSR count). The maximum atomic E-state index is 11.9. The highest BCUT2D eigenvalue weighted by atomic mass is 16.7. The van der Waals surface area contributed by atoms with Crippen molar-refractivity contribution >= 4 is 17.6 Å². The first-order chi connectivity index (χ1) is 12.1. The van der Waals surface area contributed by atoms with Crippen molar-refractivity contribution < 1.29 is 14.7 Å². The number of urea groups is 1. The fourth-order valence-corrected chi connectivity index (χ4v) is 2.50. The number of carbonyl (C=O) groups is 1. The van der Waals surface area contributed by atoms with E-state index in [0.717, 1.165) is 6.42 Å². The van der Waals surface area contributed by atoms with Gasteiger partial charge in [-0.3, -0.25) is 0 Å². The Kier molecular flexibility index (Phi) is 5.27. The van der Waals surface area contributed by atoms with E-state index in [9.17, 15) is 9.90 Å². The summed E-state index contributed by atoms with van der Waals surface area (Å²) >= 11 is 0. The Morgan fingerprint density at radius 2 is 2.00 bits per heavy atom. The Labute approximate surface area is 145 Å². The number of hydrogen-bond acceptors (Lipinski definition) is 5. The molecule has 0 radical (unpaired) electrons. The third-order valence-electron chi connectivity index (χ3n) is 3.84. The summed E-state index contributed by atoms with van der Waals surface area (Å²) in [5, 5.41) is 13.7. The van der Waals surface area contributed by atoms with E-state index in [0.29, 0.717) is 18.1 Å². The lowest BCUT2D eigenvalue weighted by Crippen LogP contribution is -2.39. The van der Waals surface area contributed by atoms with Crippen molar-refractivity contribution in [1.82, 2.24) is 10.6 Å². The molecule has 3 N–H and O–H groups in total. The monoisotopic (exact) mass is 340 g/mol. The van der Waals surface area contributed by atoms with Gasteiger partial charge >= 0.3 is 6.03 Å². The maximum absolute atomic E-state index is 11.9. The van der Waals surface area contributed by atoms with Crippen LogP contribution in [0.25, 0.3) is 0 Å². The molecule has 2 aromatic rings. The predicted molar refractivity (Wildman–Crippen MR) is 95.1 cm³/mol. The van der Waals surface area contributed by atoms with Crippen LogP contribution in [0.2, 0.25) is 0 Å². The molecule has 1 saturated heterocycles. The second kappa shape index (κ2) is 7.78. The number of anilines is 1. The Bertz CT molecular complexity index is 747. The van der Waals surface area contributed by atoms with Crippen LogP contribution in [-0.2, 0) is 11.3 Å². The molecule has 25 heavy (non-hydrogen) atoms. The maximum Gasteiger partial charge on any atom is 0.348 e. The standard InChI is InChI=1S/C18H20N4O3/c1-13(11-14-5-3-2-4-6-14)22-12-17(25-21-22)20-18(24)19-15-7-9-16(23)10-8-15/h2-10,13,21,23H,11-12H2,1H3,(H,19,24)/b20-17+. The summed E-state index contributed by atoms with van der Waals surface area (Å²) in [6.45, 7) is 2.47. The summed E-state index contributed by atoms with van der Waals surface area (Å²) in [6.07, 6.45) is 0.851. The van der Waals surface area contributed by atoms with Gasteiger partial charge in [-0.25, -0.2) is 4.79 Å². The molecule has 0 saturated carbocycles. The quantitative estimate of drug-likeness (QED) is 0.745. The van der Waals surface area contributed by atoms with Gasteiger partial charge in [-0.05, 0) is 43.2 Å². The van der Waals surface area contributed by atoms with Crippen LogP contribution >= 0.6 is 0 Å². The molecule has 0 spiro atoms. The summed E-state index contributed by atoms with van der Waals surface area (Å²) < 4.78 is 0. The zero-order valence-corrected chi connectivity index (χ0v) is 13.8. The minimum atomic E-state index is -0.528. The topological polar surface area (TPSA) is 86.2 Å². The van der Waals surface area contributed by atoms with Gasteiger partial charge in [0.1, 0.15) is 5.75 Å². The Balaban J connectivity index is 1.53. The normalized spacial score (nSPS) is 17.2. The molecular formula is C18H20N4O3. The van der Waals surface area contributed by atoms with Crippen LogP contribution in [0.15, 0.2) is 59.6 Å². The van der Waals surface area contributed by atoms with Gasteiger partial charge in [0.05, 0.1) is 6.54 Å². The summed E-state index contributed by atoms with van der Waals surface area (Å²) in [5.41, 5.74) is 4.57. The molecule has 1 aliphatic heterocycles. The molecule has 2 amide bonds. The minimum absolute atomic E-state index is 0.135. The predicted octanol–water partition coefficient (Wildman–Crippen LogP) is 2.71. The number of phenols is 1. The highest BCUT2D eigenvalue weighted by Crippen LogP contribution is 2.14. The van der Waals surface area contributed by atoms with E-state index in [1.54, 1.807) is 12.1 Å². The van der Waals surface area contributed by atoms with Crippen molar-refractivity contribution in [3.8, 4) is 5.75 Å². The SMILES string of the molecule is CC(Cc1ccccc1)N1C/C(=N\C(=O)Nc2ccc(O)cc2)ON1. The lowest BCUT2D eigenvalue weighted by Gasteiger charge is -2.20. The van der Waals surface area contributed by atoms with Crippen LogP contribution < -0.4 is 10.9 Å². The molecule has 1 unspecified atom stereocenters. The van der Waals surface area contributed by atoms with E-state index < -0.39 is 6.03 Å². The molecule has 0 aliphatic carbocycles. The fourth-order valence-electron chi connectivity index (χ4n) is 2.50. The van der Waals surface area contributed by atoms with Gasteiger partial charge < -0.3 is 15.3 Å². The van der Waals surface area contributed by atoms with E-state index in [4.69, 9.17) is 4.84 Å². The summed E-state index contributed by atoms with van der Waals surface area (Å²) in [4.78, 5) is 21.1. The molecule has 1 fully saturated rings. The first-order valence-corrected chi connectivity index (χ1v) is 8.01.